The van der Waals surface area contributed by atoms with Gasteiger partial charge in [0.25, 0.3) is 0 Å². The fourth-order valence-electron chi connectivity index (χ4n) is 2.09. The van der Waals surface area contributed by atoms with E-state index in [1.807, 2.05) is 28.8 Å². The molecule has 0 spiro atoms. The number of likely N-dealkylation sites (N-methyl/N-ethyl adjacent to an activating group) is 1. The molecule has 17 heavy (non-hydrogen) atoms. The molecule has 1 N–H and O–H groups in total. The van der Waals surface area contributed by atoms with Gasteiger partial charge in [-0.05, 0) is 48.3 Å². The molecule has 5 heteroatoms. The van der Waals surface area contributed by atoms with Gasteiger partial charge in [0.05, 0.1) is 6.42 Å². The van der Waals surface area contributed by atoms with E-state index in [1.54, 1.807) is 11.3 Å². The van der Waals surface area contributed by atoms with E-state index in [1.165, 1.54) is 0 Å². The SMILES string of the molecule is CN(C(=O)Cc1ccsc1)C1CCNCC1.Cl. The lowest BCUT2D eigenvalue weighted by molar-refractivity contribution is -0.131. The third-order valence-corrected chi connectivity index (χ3v) is 3.92. The Morgan fingerprint density at radius 2 is 2.24 bits per heavy atom. The second kappa shape index (κ2) is 6.99. The minimum Gasteiger partial charge on any atom is -0.342 e. The Labute approximate surface area is 113 Å². The van der Waals surface area contributed by atoms with E-state index in [0.717, 1.165) is 31.5 Å². The Morgan fingerprint density at radius 3 is 2.82 bits per heavy atom. The molecule has 1 fully saturated rings. The summed E-state index contributed by atoms with van der Waals surface area (Å²) in [6.45, 7) is 2.06. The summed E-state index contributed by atoms with van der Waals surface area (Å²) in [4.78, 5) is 13.9. The number of hydrogen-bond donors (Lipinski definition) is 1. The van der Waals surface area contributed by atoms with Gasteiger partial charge in [-0.15, -0.1) is 12.4 Å². The summed E-state index contributed by atoms with van der Waals surface area (Å²) in [6.07, 6.45) is 2.70. The largest absolute Gasteiger partial charge is 0.342 e. The topological polar surface area (TPSA) is 32.3 Å². The van der Waals surface area contributed by atoms with Gasteiger partial charge >= 0.3 is 0 Å². The van der Waals surface area contributed by atoms with Crippen molar-refractivity contribution in [3.05, 3.63) is 22.4 Å². The summed E-state index contributed by atoms with van der Waals surface area (Å²) in [5.41, 5.74) is 1.13. The molecule has 96 valence electrons. The molecule has 1 aromatic heterocycles. The third-order valence-electron chi connectivity index (χ3n) is 3.19. The van der Waals surface area contributed by atoms with Crippen molar-refractivity contribution in [2.45, 2.75) is 25.3 Å². The van der Waals surface area contributed by atoms with E-state index in [4.69, 9.17) is 0 Å². The summed E-state index contributed by atoms with van der Waals surface area (Å²) >= 11 is 1.65. The normalized spacial score (nSPS) is 16.3. The van der Waals surface area contributed by atoms with Crippen LogP contribution < -0.4 is 5.32 Å². The molecule has 0 bridgehead atoms. The highest BCUT2D eigenvalue weighted by molar-refractivity contribution is 7.07. The first-order valence-electron chi connectivity index (χ1n) is 5.75. The maximum Gasteiger partial charge on any atom is 0.227 e. The number of carbonyl (C=O) groups is 1. The van der Waals surface area contributed by atoms with Gasteiger partial charge in [0.15, 0.2) is 0 Å². The number of carbonyl (C=O) groups excluding carboxylic acids is 1. The molecule has 0 saturated carbocycles. The zero-order chi connectivity index (χ0) is 11.4. The molecule has 1 aliphatic heterocycles. The number of hydrogen-bond acceptors (Lipinski definition) is 3. The lowest BCUT2D eigenvalue weighted by Gasteiger charge is -2.31. The van der Waals surface area contributed by atoms with Gasteiger partial charge in [0.1, 0.15) is 0 Å². The Balaban J connectivity index is 0.00000144. The van der Waals surface area contributed by atoms with Crippen LogP contribution in [0.15, 0.2) is 16.8 Å². The van der Waals surface area contributed by atoms with Gasteiger partial charge in [-0.25, -0.2) is 0 Å². The van der Waals surface area contributed by atoms with Crippen molar-refractivity contribution >= 4 is 29.7 Å². The quantitative estimate of drug-likeness (QED) is 0.913. The van der Waals surface area contributed by atoms with E-state index in [2.05, 4.69) is 5.32 Å². The molecule has 3 nitrogen and oxygen atoms in total. The second-order valence-corrected chi connectivity index (χ2v) is 5.07. The zero-order valence-electron chi connectivity index (χ0n) is 10.0. The molecule has 1 amide bonds. The average Bonchev–Trinajstić information content (AvgIpc) is 2.82. The van der Waals surface area contributed by atoms with Crippen molar-refractivity contribution in [3.8, 4) is 0 Å². The van der Waals surface area contributed by atoms with Crippen LogP contribution in [0.3, 0.4) is 0 Å². The van der Waals surface area contributed by atoms with Gasteiger partial charge < -0.3 is 10.2 Å². The molecular weight excluding hydrogens is 256 g/mol. The van der Waals surface area contributed by atoms with Crippen molar-refractivity contribution in [2.24, 2.45) is 0 Å². The molecule has 2 rings (SSSR count). The summed E-state index contributed by atoms with van der Waals surface area (Å²) in [5.74, 6) is 0.241. The first-order valence-corrected chi connectivity index (χ1v) is 6.69. The van der Waals surface area contributed by atoms with Crippen LogP contribution in [0.25, 0.3) is 0 Å². The van der Waals surface area contributed by atoms with Crippen molar-refractivity contribution < 1.29 is 4.79 Å². The lowest BCUT2D eigenvalue weighted by Crippen LogP contribution is -2.44. The highest BCUT2D eigenvalue weighted by atomic mass is 35.5. The standard InChI is InChI=1S/C12H18N2OS.ClH/c1-14(11-2-5-13-6-3-11)12(15)8-10-4-7-16-9-10;/h4,7,9,11,13H,2-3,5-6,8H2,1H3;1H. The fraction of sp³-hybridized carbons (Fsp3) is 0.583. The Kier molecular flexibility index (Phi) is 5.95. The van der Waals surface area contributed by atoms with E-state index in [-0.39, 0.29) is 18.3 Å². The van der Waals surface area contributed by atoms with Gasteiger partial charge in [0.2, 0.25) is 5.91 Å². The van der Waals surface area contributed by atoms with Gasteiger partial charge in [-0.2, -0.15) is 11.3 Å². The first kappa shape index (κ1) is 14.5. The minimum atomic E-state index is 0. The van der Waals surface area contributed by atoms with Crippen molar-refractivity contribution in [3.63, 3.8) is 0 Å². The molecule has 2 heterocycles. The summed E-state index contributed by atoms with van der Waals surface area (Å²) < 4.78 is 0. The van der Waals surface area contributed by atoms with Gasteiger partial charge in [-0.3, -0.25) is 4.79 Å². The number of thiophene rings is 1. The number of halogens is 1. The number of rotatable bonds is 3. The molecule has 0 unspecified atom stereocenters. The summed E-state index contributed by atoms with van der Waals surface area (Å²) in [5, 5.41) is 7.39. The molecule has 1 aliphatic rings. The van der Waals surface area contributed by atoms with Crippen LogP contribution in [0, 0.1) is 0 Å². The molecule has 0 atom stereocenters. The van der Waals surface area contributed by atoms with Crippen molar-refractivity contribution in [1.29, 1.82) is 0 Å². The fourth-order valence-corrected chi connectivity index (χ4v) is 2.76. The van der Waals surface area contributed by atoms with Crippen LogP contribution >= 0.6 is 23.7 Å². The van der Waals surface area contributed by atoms with Crippen LogP contribution in [-0.2, 0) is 11.2 Å². The van der Waals surface area contributed by atoms with Crippen LogP contribution in [0.5, 0.6) is 0 Å². The number of piperidine rings is 1. The molecule has 0 aromatic carbocycles. The zero-order valence-corrected chi connectivity index (χ0v) is 11.6. The van der Waals surface area contributed by atoms with Gasteiger partial charge in [0, 0.05) is 13.1 Å². The number of nitrogens with one attached hydrogen (secondary N) is 1. The highest BCUT2D eigenvalue weighted by Gasteiger charge is 2.21. The van der Waals surface area contributed by atoms with Crippen molar-refractivity contribution in [2.75, 3.05) is 20.1 Å². The van der Waals surface area contributed by atoms with Crippen LogP contribution in [0.1, 0.15) is 18.4 Å². The van der Waals surface area contributed by atoms with Crippen LogP contribution in [-0.4, -0.2) is 37.0 Å². The molecule has 1 aromatic rings. The number of amides is 1. The molecule has 0 radical (unpaired) electrons. The van der Waals surface area contributed by atoms with E-state index in [0.29, 0.717) is 12.5 Å². The highest BCUT2D eigenvalue weighted by Crippen LogP contribution is 2.13. The van der Waals surface area contributed by atoms with Crippen LogP contribution in [0.4, 0.5) is 0 Å². The third kappa shape index (κ3) is 3.98. The Morgan fingerprint density at radius 1 is 1.53 bits per heavy atom. The molecule has 0 aliphatic carbocycles. The Hall–Kier alpha value is -0.580. The molecule has 1 saturated heterocycles. The Bertz CT molecular complexity index is 336. The lowest BCUT2D eigenvalue weighted by atomic mass is 10.0. The predicted molar refractivity (Wildman–Crippen MR) is 73.9 cm³/mol. The number of nitrogens with zero attached hydrogens (tertiary/aromatic N) is 1. The first-order chi connectivity index (χ1) is 7.77. The monoisotopic (exact) mass is 274 g/mol. The van der Waals surface area contributed by atoms with E-state index in [9.17, 15) is 4.79 Å². The predicted octanol–water partition coefficient (Wildman–Crippen LogP) is 1.92. The second-order valence-electron chi connectivity index (χ2n) is 4.29. The van der Waals surface area contributed by atoms with Crippen LogP contribution in [0.2, 0.25) is 0 Å². The summed E-state index contributed by atoms with van der Waals surface area (Å²) in [7, 11) is 1.94. The minimum absolute atomic E-state index is 0. The summed E-state index contributed by atoms with van der Waals surface area (Å²) in [6, 6.07) is 2.45. The maximum absolute atomic E-state index is 12.0. The maximum atomic E-state index is 12.0. The van der Waals surface area contributed by atoms with Crippen molar-refractivity contribution in [1.82, 2.24) is 10.2 Å². The van der Waals surface area contributed by atoms with E-state index >= 15 is 0 Å². The molecular formula is C12H19ClN2OS. The van der Waals surface area contributed by atoms with Gasteiger partial charge in [-0.1, -0.05) is 0 Å². The smallest absolute Gasteiger partial charge is 0.227 e. The average molecular weight is 275 g/mol. The van der Waals surface area contributed by atoms with E-state index < -0.39 is 0 Å².